The zero-order valence-electron chi connectivity index (χ0n) is 18.7. The number of hydrogen-bond acceptors (Lipinski definition) is 5. The molecule has 2 fully saturated rings. The Hall–Kier alpha value is -1.64. The van der Waals surface area contributed by atoms with E-state index in [-0.39, 0.29) is 30.7 Å². The van der Waals surface area contributed by atoms with Crippen LogP contribution >= 0.6 is 0 Å². The fourth-order valence-electron chi connectivity index (χ4n) is 5.13. The first-order chi connectivity index (χ1) is 14.8. The molecule has 0 spiro atoms. The van der Waals surface area contributed by atoms with Gasteiger partial charge in [0.15, 0.2) is 6.61 Å². The van der Waals surface area contributed by atoms with Crippen LogP contribution in [-0.2, 0) is 19.6 Å². The third-order valence-corrected chi connectivity index (χ3v) is 8.90. The van der Waals surface area contributed by atoms with Gasteiger partial charge in [-0.25, -0.2) is 13.1 Å². The SMILES string of the molecule is Cc1cccc2c1C1CCC(CC1)OCC1[C@@H](NS(=O)(=O)C(C)C)CCN1C(=O)CO2. The Kier molecular flexibility index (Phi) is 6.60. The molecular weight excluding hydrogens is 416 g/mol. The number of ether oxygens (including phenoxy) is 2. The van der Waals surface area contributed by atoms with Crippen molar-refractivity contribution in [3.05, 3.63) is 29.3 Å². The van der Waals surface area contributed by atoms with Crippen LogP contribution in [0.1, 0.15) is 63.0 Å². The molecule has 1 saturated heterocycles. The molecule has 1 aliphatic carbocycles. The van der Waals surface area contributed by atoms with Crippen LogP contribution in [0.15, 0.2) is 18.2 Å². The van der Waals surface area contributed by atoms with Crippen molar-refractivity contribution in [2.45, 2.75) is 82.2 Å². The van der Waals surface area contributed by atoms with Crippen LogP contribution in [-0.4, -0.2) is 62.4 Å². The van der Waals surface area contributed by atoms with E-state index in [1.165, 1.54) is 11.1 Å². The van der Waals surface area contributed by atoms with Crippen LogP contribution in [0.2, 0.25) is 0 Å². The van der Waals surface area contributed by atoms with Gasteiger partial charge in [-0.15, -0.1) is 0 Å². The first-order valence-corrected chi connectivity index (χ1v) is 13.0. The Labute approximate surface area is 185 Å². The lowest BCUT2D eigenvalue weighted by molar-refractivity contribution is -0.136. The van der Waals surface area contributed by atoms with Crippen molar-refractivity contribution in [3.8, 4) is 5.75 Å². The minimum Gasteiger partial charge on any atom is -0.483 e. The lowest BCUT2D eigenvalue weighted by Crippen LogP contribution is -2.51. The second-order valence-electron chi connectivity index (χ2n) is 9.34. The van der Waals surface area contributed by atoms with E-state index in [1.54, 1.807) is 18.7 Å². The number of carbonyl (C=O) groups excluding carboxylic acids is 1. The van der Waals surface area contributed by atoms with Crippen molar-refractivity contribution < 1.29 is 22.7 Å². The second-order valence-corrected chi connectivity index (χ2v) is 11.6. The number of nitrogens with zero attached hydrogens (tertiary/aromatic N) is 1. The predicted molar refractivity (Wildman–Crippen MR) is 119 cm³/mol. The van der Waals surface area contributed by atoms with Crippen LogP contribution in [0.4, 0.5) is 0 Å². The summed E-state index contributed by atoms with van der Waals surface area (Å²) >= 11 is 0. The molecule has 1 saturated carbocycles. The van der Waals surface area contributed by atoms with Crippen LogP contribution < -0.4 is 9.46 Å². The highest BCUT2D eigenvalue weighted by Crippen LogP contribution is 2.40. The van der Waals surface area contributed by atoms with E-state index in [1.807, 2.05) is 12.1 Å². The molecule has 5 rings (SSSR count). The zero-order valence-corrected chi connectivity index (χ0v) is 19.5. The standard InChI is InChI=1S/C23H34N2O5S/c1-15(2)31(27,28)24-19-11-12-25-20(19)13-29-18-9-7-17(8-10-18)23-16(3)5-4-6-21(23)30-14-22(25)26/h4-6,15,17-20,24H,7-14H2,1-3H3/t17?,18?,19-,20?/m0/s1. The zero-order chi connectivity index (χ0) is 22.2. The normalized spacial score (nSPS) is 29.5. The van der Waals surface area contributed by atoms with Gasteiger partial charge in [0.2, 0.25) is 10.0 Å². The summed E-state index contributed by atoms with van der Waals surface area (Å²) in [6, 6.07) is 5.37. The van der Waals surface area contributed by atoms with Gasteiger partial charge >= 0.3 is 0 Å². The largest absolute Gasteiger partial charge is 0.483 e. The fraction of sp³-hybridized carbons (Fsp3) is 0.696. The molecule has 0 radical (unpaired) electrons. The van der Waals surface area contributed by atoms with Gasteiger partial charge in [0.1, 0.15) is 5.75 Å². The lowest BCUT2D eigenvalue weighted by Gasteiger charge is -2.32. The van der Waals surface area contributed by atoms with Gasteiger partial charge in [0.05, 0.1) is 24.0 Å². The molecular formula is C23H34N2O5S. The van der Waals surface area contributed by atoms with Crippen molar-refractivity contribution in [2.24, 2.45) is 0 Å². The van der Waals surface area contributed by atoms with Crippen molar-refractivity contribution in [1.82, 2.24) is 9.62 Å². The molecule has 8 heteroatoms. The monoisotopic (exact) mass is 450 g/mol. The van der Waals surface area contributed by atoms with Crippen molar-refractivity contribution in [3.63, 3.8) is 0 Å². The predicted octanol–water partition coefficient (Wildman–Crippen LogP) is 2.73. The van der Waals surface area contributed by atoms with E-state index < -0.39 is 15.3 Å². The summed E-state index contributed by atoms with van der Waals surface area (Å²) < 4.78 is 40.1. The van der Waals surface area contributed by atoms with E-state index in [0.717, 1.165) is 31.4 Å². The molecule has 0 aromatic heterocycles. The lowest BCUT2D eigenvalue weighted by atomic mass is 9.80. The minimum atomic E-state index is -3.44. The smallest absolute Gasteiger partial charge is 0.260 e. The number of rotatable bonds is 3. The number of fused-ring (bicyclic) bond motifs is 5. The number of carbonyl (C=O) groups is 1. The summed E-state index contributed by atoms with van der Waals surface area (Å²) in [6.45, 7) is 6.22. The topological polar surface area (TPSA) is 84.9 Å². The highest BCUT2D eigenvalue weighted by Gasteiger charge is 2.40. The molecule has 2 bridgehead atoms. The average Bonchev–Trinajstić information content (AvgIpc) is 3.12. The molecule has 3 heterocycles. The van der Waals surface area contributed by atoms with E-state index in [2.05, 4.69) is 17.7 Å². The number of nitrogens with one attached hydrogen (secondary N) is 1. The quantitative estimate of drug-likeness (QED) is 0.765. The third-order valence-electron chi connectivity index (χ3n) is 7.02. The highest BCUT2D eigenvalue weighted by atomic mass is 32.2. The summed E-state index contributed by atoms with van der Waals surface area (Å²) in [5, 5.41) is -0.522. The first-order valence-electron chi connectivity index (χ1n) is 11.4. The maximum Gasteiger partial charge on any atom is 0.260 e. The van der Waals surface area contributed by atoms with Crippen LogP contribution in [0.5, 0.6) is 5.75 Å². The molecule has 1 amide bonds. The average molecular weight is 451 g/mol. The van der Waals surface area contributed by atoms with Gasteiger partial charge in [0.25, 0.3) is 5.91 Å². The van der Waals surface area contributed by atoms with Gasteiger partial charge < -0.3 is 14.4 Å². The Morgan fingerprint density at radius 2 is 1.87 bits per heavy atom. The van der Waals surface area contributed by atoms with Gasteiger partial charge in [-0.3, -0.25) is 4.79 Å². The molecule has 2 atom stereocenters. The molecule has 1 aromatic carbocycles. The molecule has 1 aromatic rings. The third kappa shape index (κ3) is 4.76. The molecule has 7 nitrogen and oxygen atoms in total. The van der Waals surface area contributed by atoms with E-state index in [4.69, 9.17) is 9.47 Å². The van der Waals surface area contributed by atoms with Crippen LogP contribution in [0.3, 0.4) is 0 Å². The number of sulfonamides is 1. The highest BCUT2D eigenvalue weighted by molar-refractivity contribution is 7.90. The minimum absolute atomic E-state index is 0.0489. The van der Waals surface area contributed by atoms with E-state index in [0.29, 0.717) is 25.5 Å². The van der Waals surface area contributed by atoms with Gasteiger partial charge in [0, 0.05) is 18.2 Å². The molecule has 31 heavy (non-hydrogen) atoms. The summed E-state index contributed by atoms with van der Waals surface area (Å²) in [5.74, 6) is 1.08. The van der Waals surface area contributed by atoms with Crippen LogP contribution in [0.25, 0.3) is 0 Å². The maximum absolute atomic E-state index is 13.1. The van der Waals surface area contributed by atoms with E-state index >= 15 is 0 Å². The summed E-state index contributed by atoms with van der Waals surface area (Å²) in [7, 11) is -3.44. The second kappa shape index (κ2) is 9.08. The molecule has 172 valence electrons. The molecule has 3 aliphatic heterocycles. The maximum atomic E-state index is 13.1. The van der Waals surface area contributed by atoms with Gasteiger partial charge in [-0.1, -0.05) is 12.1 Å². The van der Waals surface area contributed by atoms with Gasteiger partial charge in [-0.2, -0.15) is 0 Å². The molecule has 4 aliphatic rings. The molecule has 1 unspecified atom stereocenters. The Morgan fingerprint density at radius 1 is 1.13 bits per heavy atom. The van der Waals surface area contributed by atoms with Crippen molar-refractivity contribution in [1.29, 1.82) is 0 Å². The number of aryl methyl sites for hydroxylation is 1. The summed E-state index contributed by atoms with van der Waals surface area (Å²) in [5.41, 5.74) is 2.42. The van der Waals surface area contributed by atoms with Gasteiger partial charge in [-0.05, 0) is 70.4 Å². The Bertz CT molecular complexity index is 909. The van der Waals surface area contributed by atoms with Crippen molar-refractivity contribution in [2.75, 3.05) is 19.8 Å². The van der Waals surface area contributed by atoms with Crippen LogP contribution in [0, 0.1) is 6.92 Å². The number of hydrogen-bond donors (Lipinski definition) is 1. The van der Waals surface area contributed by atoms with E-state index in [9.17, 15) is 13.2 Å². The number of benzene rings is 1. The molecule has 1 N–H and O–H groups in total. The number of amides is 1. The summed E-state index contributed by atoms with van der Waals surface area (Å²) in [6.07, 6.45) is 4.69. The Morgan fingerprint density at radius 3 is 2.58 bits per heavy atom. The van der Waals surface area contributed by atoms with Crippen molar-refractivity contribution >= 4 is 15.9 Å². The summed E-state index contributed by atoms with van der Waals surface area (Å²) in [4.78, 5) is 14.8. The first kappa shape index (κ1) is 22.6. The Balaban J connectivity index is 1.60. The fourth-order valence-corrected chi connectivity index (χ4v) is 6.10.